The first-order valence-electron chi connectivity index (χ1n) is 8.28. The predicted octanol–water partition coefficient (Wildman–Crippen LogP) is 4.16. The summed E-state index contributed by atoms with van der Waals surface area (Å²) in [5, 5.41) is 0. The van der Waals surface area contributed by atoms with Gasteiger partial charge in [0.1, 0.15) is 0 Å². The van der Waals surface area contributed by atoms with Crippen LogP contribution < -0.4 is 4.90 Å². The highest BCUT2D eigenvalue weighted by Crippen LogP contribution is 2.23. The van der Waals surface area contributed by atoms with Gasteiger partial charge < -0.3 is 9.64 Å². The Morgan fingerprint density at radius 2 is 1.59 bits per heavy atom. The van der Waals surface area contributed by atoms with Crippen LogP contribution in [-0.4, -0.2) is 42.3 Å². The Bertz CT molecular complexity index is 436. The van der Waals surface area contributed by atoms with Crippen LogP contribution in [-0.2, 0) is 4.74 Å². The first-order valence-corrected chi connectivity index (χ1v) is 8.28. The number of para-hydroxylation sites is 1. The monoisotopic (exact) mass is 306 g/mol. The molecule has 1 fully saturated rings. The molecule has 1 aromatic rings. The van der Waals surface area contributed by atoms with Crippen LogP contribution in [0.5, 0.6) is 0 Å². The van der Waals surface area contributed by atoms with Crippen LogP contribution in [0, 0.1) is 0 Å². The van der Waals surface area contributed by atoms with Crippen LogP contribution >= 0.6 is 0 Å². The van der Waals surface area contributed by atoms with Crippen LogP contribution in [0.4, 0.5) is 10.5 Å². The topological polar surface area (TPSA) is 32.8 Å². The zero-order valence-corrected chi connectivity index (χ0v) is 14.7. The number of benzene rings is 1. The maximum atomic E-state index is 12.2. The van der Waals surface area contributed by atoms with E-state index in [1.54, 1.807) is 0 Å². The molecule has 1 aliphatic heterocycles. The van der Waals surface area contributed by atoms with Gasteiger partial charge in [-0.25, -0.2) is 4.79 Å². The molecule has 124 valence electrons. The lowest BCUT2D eigenvalue weighted by molar-refractivity contribution is 0.0469. The SMILES string of the molecule is CC.CC(C)OC(=O)N1C(C)CN(c2ccccc2)CC1C. The molecule has 1 amide bonds. The molecule has 2 unspecified atom stereocenters. The number of hydrogen-bond acceptors (Lipinski definition) is 3. The van der Waals surface area contributed by atoms with Gasteiger partial charge in [0.2, 0.25) is 0 Å². The highest BCUT2D eigenvalue weighted by atomic mass is 16.6. The molecule has 0 spiro atoms. The lowest BCUT2D eigenvalue weighted by atomic mass is 10.1. The van der Waals surface area contributed by atoms with Crippen LogP contribution in [0.2, 0.25) is 0 Å². The molecule has 1 heterocycles. The maximum absolute atomic E-state index is 12.2. The first-order chi connectivity index (χ1) is 10.5. The largest absolute Gasteiger partial charge is 0.447 e. The standard InChI is InChI=1S/C16H24N2O2.C2H6/c1-12(2)20-16(19)18-13(3)10-17(11-14(18)4)15-8-6-5-7-9-15;1-2/h5-9,12-14H,10-11H2,1-4H3;1-2H3. The first kappa shape index (κ1) is 18.3. The summed E-state index contributed by atoms with van der Waals surface area (Å²) in [6.45, 7) is 13.6. The molecule has 4 heteroatoms. The molecule has 1 aromatic carbocycles. The predicted molar refractivity (Wildman–Crippen MR) is 92.4 cm³/mol. The second-order valence-electron chi connectivity index (χ2n) is 5.78. The van der Waals surface area contributed by atoms with Crippen molar-refractivity contribution in [3.8, 4) is 0 Å². The van der Waals surface area contributed by atoms with E-state index in [-0.39, 0.29) is 24.3 Å². The number of rotatable bonds is 2. The molecular formula is C18H30N2O2. The van der Waals surface area contributed by atoms with Crippen molar-refractivity contribution in [2.45, 2.75) is 59.7 Å². The lowest BCUT2D eigenvalue weighted by Crippen LogP contribution is -2.59. The molecule has 4 nitrogen and oxygen atoms in total. The number of nitrogens with zero attached hydrogens (tertiary/aromatic N) is 2. The summed E-state index contributed by atoms with van der Waals surface area (Å²) in [4.78, 5) is 16.3. The van der Waals surface area contributed by atoms with Gasteiger partial charge in [-0.3, -0.25) is 4.90 Å². The van der Waals surface area contributed by atoms with Crippen molar-refractivity contribution in [2.24, 2.45) is 0 Å². The third-order valence-electron chi connectivity index (χ3n) is 3.59. The van der Waals surface area contributed by atoms with E-state index < -0.39 is 0 Å². The number of carbonyl (C=O) groups excluding carboxylic acids is 1. The van der Waals surface area contributed by atoms with Crippen LogP contribution in [0.15, 0.2) is 30.3 Å². The molecule has 0 aliphatic carbocycles. The number of piperazine rings is 1. The fourth-order valence-corrected chi connectivity index (χ4v) is 2.79. The lowest BCUT2D eigenvalue weighted by Gasteiger charge is -2.44. The van der Waals surface area contributed by atoms with Crippen LogP contribution in [0.25, 0.3) is 0 Å². The van der Waals surface area contributed by atoms with Crippen molar-refractivity contribution in [2.75, 3.05) is 18.0 Å². The van der Waals surface area contributed by atoms with E-state index in [9.17, 15) is 4.79 Å². The van der Waals surface area contributed by atoms with Crippen molar-refractivity contribution in [3.05, 3.63) is 30.3 Å². The Morgan fingerprint density at radius 1 is 1.09 bits per heavy atom. The van der Waals surface area contributed by atoms with Gasteiger partial charge in [0, 0.05) is 18.8 Å². The second kappa shape index (κ2) is 8.66. The van der Waals surface area contributed by atoms with Crippen molar-refractivity contribution >= 4 is 11.8 Å². The van der Waals surface area contributed by atoms with Crippen LogP contribution in [0.3, 0.4) is 0 Å². The van der Waals surface area contributed by atoms with E-state index in [4.69, 9.17) is 4.74 Å². The van der Waals surface area contributed by atoms with Gasteiger partial charge in [-0.2, -0.15) is 0 Å². The molecule has 0 bridgehead atoms. The van der Waals surface area contributed by atoms with Crippen molar-refractivity contribution in [1.29, 1.82) is 0 Å². The minimum atomic E-state index is -0.201. The van der Waals surface area contributed by atoms with Gasteiger partial charge in [0.15, 0.2) is 0 Å². The molecular weight excluding hydrogens is 276 g/mol. The van der Waals surface area contributed by atoms with Gasteiger partial charge in [-0.15, -0.1) is 0 Å². The number of ether oxygens (including phenoxy) is 1. The third-order valence-corrected chi connectivity index (χ3v) is 3.59. The summed E-state index contributed by atoms with van der Waals surface area (Å²) in [7, 11) is 0. The quantitative estimate of drug-likeness (QED) is 0.822. The molecule has 1 saturated heterocycles. The molecule has 0 radical (unpaired) electrons. The molecule has 2 rings (SSSR count). The van der Waals surface area contributed by atoms with Gasteiger partial charge in [-0.1, -0.05) is 32.0 Å². The van der Waals surface area contributed by atoms with Crippen molar-refractivity contribution in [1.82, 2.24) is 4.90 Å². The van der Waals surface area contributed by atoms with Gasteiger partial charge >= 0.3 is 6.09 Å². The average molecular weight is 306 g/mol. The van der Waals surface area contributed by atoms with E-state index in [0.717, 1.165) is 13.1 Å². The molecule has 0 aromatic heterocycles. The Balaban J connectivity index is 0.00000116. The zero-order chi connectivity index (χ0) is 16.7. The Labute approximate surface area is 135 Å². The third kappa shape index (κ3) is 4.65. The molecule has 1 aliphatic rings. The number of hydrogen-bond donors (Lipinski definition) is 0. The Kier molecular flexibility index (Phi) is 7.22. The average Bonchev–Trinajstić information content (AvgIpc) is 2.48. The summed E-state index contributed by atoms with van der Waals surface area (Å²) >= 11 is 0. The van der Waals surface area contributed by atoms with E-state index >= 15 is 0 Å². The summed E-state index contributed by atoms with van der Waals surface area (Å²) in [6.07, 6.45) is -0.276. The fourth-order valence-electron chi connectivity index (χ4n) is 2.79. The molecule has 0 N–H and O–H groups in total. The molecule has 2 atom stereocenters. The summed E-state index contributed by atoms with van der Waals surface area (Å²) in [6, 6.07) is 10.6. The van der Waals surface area contributed by atoms with E-state index in [1.165, 1.54) is 5.69 Å². The highest BCUT2D eigenvalue weighted by Gasteiger charge is 2.34. The summed E-state index contributed by atoms with van der Waals surface area (Å²) in [5.41, 5.74) is 1.21. The van der Waals surface area contributed by atoms with Crippen LogP contribution in [0.1, 0.15) is 41.5 Å². The fraction of sp³-hybridized carbons (Fsp3) is 0.611. The van der Waals surface area contributed by atoms with E-state index in [0.29, 0.717) is 0 Å². The highest BCUT2D eigenvalue weighted by molar-refractivity contribution is 5.69. The summed E-state index contributed by atoms with van der Waals surface area (Å²) in [5.74, 6) is 0. The minimum absolute atomic E-state index is 0.0750. The number of amides is 1. The Hall–Kier alpha value is -1.71. The molecule has 0 saturated carbocycles. The van der Waals surface area contributed by atoms with E-state index in [1.807, 2.05) is 50.8 Å². The summed E-state index contributed by atoms with van der Waals surface area (Å²) < 4.78 is 5.34. The Morgan fingerprint density at radius 3 is 2.05 bits per heavy atom. The van der Waals surface area contributed by atoms with Crippen molar-refractivity contribution in [3.63, 3.8) is 0 Å². The van der Waals surface area contributed by atoms with Gasteiger partial charge in [0.05, 0.1) is 18.2 Å². The number of carbonyl (C=O) groups is 1. The van der Waals surface area contributed by atoms with Gasteiger partial charge in [-0.05, 0) is 39.8 Å². The van der Waals surface area contributed by atoms with Crippen molar-refractivity contribution < 1.29 is 9.53 Å². The normalized spacial score (nSPS) is 21.2. The van der Waals surface area contributed by atoms with E-state index in [2.05, 4.69) is 30.9 Å². The smallest absolute Gasteiger partial charge is 0.410 e. The maximum Gasteiger partial charge on any atom is 0.410 e. The second-order valence-corrected chi connectivity index (χ2v) is 5.78. The molecule has 22 heavy (non-hydrogen) atoms. The zero-order valence-electron chi connectivity index (χ0n) is 14.7. The minimum Gasteiger partial charge on any atom is -0.447 e. The van der Waals surface area contributed by atoms with Gasteiger partial charge in [0.25, 0.3) is 0 Å². The number of anilines is 1.